The van der Waals surface area contributed by atoms with Crippen molar-refractivity contribution in [1.82, 2.24) is 0 Å². The lowest BCUT2D eigenvalue weighted by Crippen LogP contribution is -2.28. The Morgan fingerprint density at radius 3 is 2.64 bits per heavy atom. The van der Waals surface area contributed by atoms with Crippen LogP contribution in [0, 0.1) is 11.8 Å². The van der Waals surface area contributed by atoms with Crippen LogP contribution in [-0.2, 0) is 14.3 Å². The van der Waals surface area contributed by atoms with E-state index in [1.165, 1.54) is 0 Å². The third kappa shape index (κ3) is 0.818. The molecule has 1 aliphatic heterocycles. The van der Waals surface area contributed by atoms with E-state index < -0.39 is 11.9 Å². The first kappa shape index (κ1) is 6.64. The Hall–Kier alpha value is -1.06. The molecule has 4 heteroatoms. The maximum Gasteiger partial charge on any atom is 0.310 e. The molecule has 2 rings (SSSR count). The molecule has 1 N–H and O–H groups in total. The maximum atomic E-state index is 10.9. The number of hydrogen-bond donors (Lipinski definition) is 1. The molecule has 1 saturated heterocycles. The van der Waals surface area contributed by atoms with E-state index in [1.54, 1.807) is 0 Å². The lowest BCUT2D eigenvalue weighted by Gasteiger charge is -2.16. The van der Waals surface area contributed by atoms with Gasteiger partial charge in [0.15, 0.2) is 0 Å². The minimum absolute atomic E-state index is 0.117. The predicted octanol–water partition coefficient (Wildman–Crippen LogP) is 0.0226. The molecule has 2 fully saturated rings. The number of carboxylic acid groups (broad SMARTS) is 1. The number of hydrogen-bond acceptors (Lipinski definition) is 3. The van der Waals surface area contributed by atoms with E-state index >= 15 is 0 Å². The van der Waals surface area contributed by atoms with Gasteiger partial charge in [0.05, 0.1) is 11.8 Å². The number of esters is 1. The summed E-state index contributed by atoms with van der Waals surface area (Å²) in [6, 6.07) is 0. The van der Waals surface area contributed by atoms with Gasteiger partial charge in [-0.25, -0.2) is 0 Å². The summed E-state index contributed by atoms with van der Waals surface area (Å²) in [6.45, 7) is 0. The van der Waals surface area contributed by atoms with Crippen molar-refractivity contribution >= 4 is 11.9 Å². The molecule has 0 amide bonds. The summed E-state index contributed by atoms with van der Waals surface area (Å²) >= 11 is 0. The number of aliphatic carboxylic acids is 1. The lowest BCUT2D eigenvalue weighted by atomic mass is 9.96. The average molecular weight is 156 g/mol. The molecule has 0 aromatic carbocycles. The fraction of sp³-hybridized carbons (Fsp3) is 0.714. The Bertz CT molecular complexity index is 222. The molecular weight excluding hydrogens is 148 g/mol. The Balaban J connectivity index is 2.18. The zero-order valence-electron chi connectivity index (χ0n) is 5.82. The van der Waals surface area contributed by atoms with Crippen molar-refractivity contribution < 1.29 is 19.4 Å². The summed E-state index contributed by atoms with van der Waals surface area (Å²) in [4.78, 5) is 21.4. The summed E-state index contributed by atoms with van der Waals surface area (Å²) < 4.78 is 4.84. The van der Waals surface area contributed by atoms with Crippen molar-refractivity contribution in [2.24, 2.45) is 11.8 Å². The standard InChI is InChI=1S/C7H8O4/c8-6(9)4-1-3-2-5(4)7(10)11-3/h3-5H,1-2H2,(H,8,9)/t3-,4?,5-/m1/s1. The van der Waals surface area contributed by atoms with Crippen LogP contribution in [0.25, 0.3) is 0 Å². The number of carbonyl (C=O) groups is 2. The van der Waals surface area contributed by atoms with Gasteiger partial charge in [-0.2, -0.15) is 0 Å². The van der Waals surface area contributed by atoms with Gasteiger partial charge in [0.2, 0.25) is 0 Å². The normalized spacial score (nSPS) is 40.7. The Labute approximate surface area is 63.1 Å². The maximum absolute atomic E-state index is 10.9. The topological polar surface area (TPSA) is 63.6 Å². The van der Waals surface area contributed by atoms with Crippen LogP contribution in [0.5, 0.6) is 0 Å². The van der Waals surface area contributed by atoms with Crippen LogP contribution in [-0.4, -0.2) is 23.1 Å². The van der Waals surface area contributed by atoms with Gasteiger partial charge in [-0.05, 0) is 12.8 Å². The van der Waals surface area contributed by atoms with Gasteiger partial charge in [0.25, 0.3) is 0 Å². The number of rotatable bonds is 1. The molecule has 0 aromatic heterocycles. The zero-order chi connectivity index (χ0) is 8.01. The van der Waals surface area contributed by atoms with E-state index in [1.807, 2.05) is 0 Å². The van der Waals surface area contributed by atoms with Crippen LogP contribution in [0.1, 0.15) is 12.8 Å². The molecule has 4 nitrogen and oxygen atoms in total. The van der Waals surface area contributed by atoms with Crippen LogP contribution in [0.15, 0.2) is 0 Å². The third-order valence-corrected chi connectivity index (χ3v) is 2.42. The van der Waals surface area contributed by atoms with E-state index in [4.69, 9.17) is 9.84 Å². The summed E-state index contributed by atoms with van der Waals surface area (Å²) in [5.74, 6) is -2.04. The zero-order valence-corrected chi connectivity index (χ0v) is 5.82. The first-order valence-electron chi connectivity index (χ1n) is 3.62. The molecule has 1 heterocycles. The monoisotopic (exact) mass is 156 g/mol. The first-order chi connectivity index (χ1) is 5.18. The van der Waals surface area contributed by atoms with Crippen molar-refractivity contribution in [1.29, 1.82) is 0 Å². The first-order valence-corrected chi connectivity index (χ1v) is 3.62. The smallest absolute Gasteiger partial charge is 0.310 e. The van der Waals surface area contributed by atoms with Crippen LogP contribution in [0.4, 0.5) is 0 Å². The van der Waals surface area contributed by atoms with Gasteiger partial charge < -0.3 is 9.84 Å². The van der Waals surface area contributed by atoms with Crippen LogP contribution < -0.4 is 0 Å². The number of carbonyl (C=O) groups excluding carboxylic acids is 1. The third-order valence-electron chi connectivity index (χ3n) is 2.42. The molecule has 2 bridgehead atoms. The van der Waals surface area contributed by atoms with E-state index in [0.29, 0.717) is 12.8 Å². The Morgan fingerprint density at radius 1 is 1.55 bits per heavy atom. The average Bonchev–Trinajstić information content (AvgIpc) is 2.43. The Kier molecular flexibility index (Phi) is 1.19. The Morgan fingerprint density at radius 2 is 2.27 bits per heavy atom. The van der Waals surface area contributed by atoms with Crippen LogP contribution >= 0.6 is 0 Å². The van der Waals surface area contributed by atoms with Gasteiger partial charge in [-0.3, -0.25) is 9.59 Å². The highest BCUT2D eigenvalue weighted by atomic mass is 16.6. The fourth-order valence-electron chi connectivity index (χ4n) is 1.87. The van der Waals surface area contributed by atoms with E-state index in [-0.39, 0.29) is 18.0 Å². The molecule has 1 aliphatic carbocycles. The predicted molar refractivity (Wildman–Crippen MR) is 33.7 cm³/mol. The summed E-state index contributed by atoms with van der Waals surface area (Å²) in [6.07, 6.45) is 0.996. The number of ether oxygens (including phenoxy) is 1. The lowest BCUT2D eigenvalue weighted by molar-refractivity contribution is -0.158. The molecule has 1 unspecified atom stereocenters. The quantitative estimate of drug-likeness (QED) is 0.544. The molecule has 1 saturated carbocycles. The van der Waals surface area contributed by atoms with Gasteiger partial charge in [0, 0.05) is 0 Å². The molecule has 0 spiro atoms. The fourth-order valence-corrected chi connectivity index (χ4v) is 1.87. The van der Waals surface area contributed by atoms with Crippen molar-refractivity contribution in [3.8, 4) is 0 Å². The highest BCUT2D eigenvalue weighted by Crippen LogP contribution is 2.40. The van der Waals surface area contributed by atoms with Crippen molar-refractivity contribution in [3.63, 3.8) is 0 Å². The van der Waals surface area contributed by atoms with E-state index in [2.05, 4.69) is 0 Å². The molecule has 3 atom stereocenters. The molecule has 60 valence electrons. The van der Waals surface area contributed by atoms with Crippen molar-refractivity contribution in [3.05, 3.63) is 0 Å². The highest BCUT2D eigenvalue weighted by molar-refractivity contribution is 5.84. The summed E-state index contributed by atoms with van der Waals surface area (Å²) in [5, 5.41) is 8.65. The second-order valence-electron chi connectivity index (χ2n) is 3.08. The molecular formula is C7H8O4. The summed E-state index contributed by atoms with van der Waals surface area (Å²) in [5.41, 5.74) is 0. The van der Waals surface area contributed by atoms with Crippen molar-refractivity contribution in [2.75, 3.05) is 0 Å². The minimum atomic E-state index is -0.867. The molecule has 0 aromatic rings. The van der Waals surface area contributed by atoms with Gasteiger partial charge in [-0.15, -0.1) is 0 Å². The van der Waals surface area contributed by atoms with Crippen LogP contribution in [0.3, 0.4) is 0 Å². The van der Waals surface area contributed by atoms with E-state index in [9.17, 15) is 9.59 Å². The van der Waals surface area contributed by atoms with Gasteiger partial charge in [0.1, 0.15) is 6.10 Å². The number of carboxylic acids is 1. The largest absolute Gasteiger partial charge is 0.481 e. The number of fused-ring (bicyclic) bond motifs is 2. The van der Waals surface area contributed by atoms with Gasteiger partial charge >= 0.3 is 11.9 Å². The van der Waals surface area contributed by atoms with Crippen molar-refractivity contribution in [2.45, 2.75) is 18.9 Å². The highest BCUT2D eigenvalue weighted by Gasteiger charge is 2.50. The minimum Gasteiger partial charge on any atom is -0.481 e. The molecule has 0 radical (unpaired) electrons. The van der Waals surface area contributed by atoms with Crippen LogP contribution in [0.2, 0.25) is 0 Å². The van der Waals surface area contributed by atoms with E-state index in [0.717, 1.165) is 0 Å². The SMILES string of the molecule is O=C(O)C1C[C@@H]2C[C@H]1C(=O)O2. The molecule has 11 heavy (non-hydrogen) atoms. The van der Waals surface area contributed by atoms with Gasteiger partial charge in [-0.1, -0.05) is 0 Å². The summed E-state index contributed by atoms with van der Waals surface area (Å²) in [7, 11) is 0. The second-order valence-corrected chi connectivity index (χ2v) is 3.08. The second kappa shape index (κ2) is 1.96. The molecule has 2 aliphatic rings.